The molecule has 33 heavy (non-hydrogen) atoms. The van der Waals surface area contributed by atoms with Gasteiger partial charge in [-0.3, -0.25) is 4.79 Å². The van der Waals surface area contributed by atoms with Gasteiger partial charge in [0.1, 0.15) is 23.9 Å². The molecule has 0 radical (unpaired) electrons. The molecule has 0 amide bonds. The van der Waals surface area contributed by atoms with Gasteiger partial charge in [0.2, 0.25) is 5.78 Å². The van der Waals surface area contributed by atoms with Gasteiger partial charge in [-0.25, -0.2) is 0 Å². The van der Waals surface area contributed by atoms with Crippen LogP contribution in [0.3, 0.4) is 0 Å². The third-order valence-electron chi connectivity index (χ3n) is 6.04. The lowest BCUT2D eigenvalue weighted by atomic mass is 10.1. The Morgan fingerprint density at radius 1 is 1.03 bits per heavy atom. The molecular weight excluding hydrogens is 414 g/mol. The first-order valence-corrected chi connectivity index (χ1v) is 11.0. The Kier molecular flexibility index (Phi) is 5.38. The standard InChI is InChI=1S/C28H25NO4/c1-4-29-16-20(22-7-5-6-8-24(22)29)15-26-27(30)23-13-14-25(18(2)28(23)33-26)32-17-19-9-11-21(31-3)12-10-19/h5-16H,4,17H2,1-3H3. The van der Waals surface area contributed by atoms with Crippen molar-refractivity contribution >= 4 is 22.8 Å². The number of nitrogens with zero attached hydrogens (tertiary/aromatic N) is 1. The fraction of sp³-hybridized carbons (Fsp3) is 0.179. The van der Waals surface area contributed by atoms with Gasteiger partial charge in [-0.1, -0.05) is 30.3 Å². The summed E-state index contributed by atoms with van der Waals surface area (Å²) in [7, 11) is 1.64. The fourth-order valence-electron chi connectivity index (χ4n) is 4.20. The van der Waals surface area contributed by atoms with E-state index in [-0.39, 0.29) is 5.78 Å². The van der Waals surface area contributed by atoms with Gasteiger partial charge in [0.05, 0.1) is 12.7 Å². The second-order valence-corrected chi connectivity index (χ2v) is 8.03. The van der Waals surface area contributed by atoms with E-state index in [0.717, 1.165) is 39.9 Å². The predicted molar refractivity (Wildman–Crippen MR) is 129 cm³/mol. The molecular formula is C28H25NO4. The number of benzene rings is 3. The number of rotatable bonds is 6. The molecule has 0 saturated carbocycles. The molecule has 0 saturated heterocycles. The van der Waals surface area contributed by atoms with Crippen molar-refractivity contribution in [1.82, 2.24) is 4.57 Å². The fourth-order valence-corrected chi connectivity index (χ4v) is 4.20. The predicted octanol–water partition coefficient (Wildman–Crippen LogP) is 6.17. The van der Waals surface area contributed by atoms with Crippen LogP contribution in [0.2, 0.25) is 0 Å². The second kappa shape index (κ2) is 8.51. The van der Waals surface area contributed by atoms with Crippen LogP contribution in [0.4, 0.5) is 0 Å². The molecule has 0 spiro atoms. The van der Waals surface area contributed by atoms with E-state index < -0.39 is 0 Å². The highest BCUT2D eigenvalue weighted by molar-refractivity contribution is 6.15. The van der Waals surface area contributed by atoms with E-state index in [1.54, 1.807) is 13.2 Å². The molecule has 0 unspecified atom stereocenters. The van der Waals surface area contributed by atoms with Crippen LogP contribution in [0.15, 0.2) is 72.6 Å². The van der Waals surface area contributed by atoms with Crippen LogP contribution in [0, 0.1) is 6.92 Å². The molecule has 166 valence electrons. The van der Waals surface area contributed by atoms with Crippen LogP contribution in [0.1, 0.15) is 34.0 Å². The molecule has 4 aromatic rings. The maximum Gasteiger partial charge on any atom is 0.231 e. The molecule has 5 nitrogen and oxygen atoms in total. The quantitative estimate of drug-likeness (QED) is 0.337. The van der Waals surface area contributed by atoms with Crippen molar-refractivity contribution in [2.45, 2.75) is 27.0 Å². The normalized spacial score (nSPS) is 13.9. The number of para-hydroxylation sites is 1. The van der Waals surface area contributed by atoms with Crippen LogP contribution in [-0.4, -0.2) is 17.5 Å². The Balaban J connectivity index is 1.41. The Morgan fingerprint density at radius 2 is 1.82 bits per heavy atom. The number of ether oxygens (including phenoxy) is 3. The average molecular weight is 440 g/mol. The summed E-state index contributed by atoms with van der Waals surface area (Å²) in [6, 6.07) is 19.5. The minimum absolute atomic E-state index is 0.108. The first-order valence-electron chi connectivity index (χ1n) is 11.0. The number of hydrogen-bond donors (Lipinski definition) is 0. The van der Waals surface area contributed by atoms with E-state index >= 15 is 0 Å². The zero-order valence-corrected chi connectivity index (χ0v) is 18.9. The summed E-state index contributed by atoms with van der Waals surface area (Å²) in [5.41, 5.74) is 4.52. The first kappa shape index (κ1) is 20.9. The number of aryl methyl sites for hydroxylation is 1. The number of allylic oxidation sites excluding steroid dienone is 1. The molecule has 3 aromatic carbocycles. The molecule has 0 fully saturated rings. The van der Waals surface area contributed by atoms with Crippen molar-refractivity contribution in [1.29, 1.82) is 0 Å². The number of carbonyl (C=O) groups excluding carboxylic acids is 1. The van der Waals surface area contributed by atoms with Crippen molar-refractivity contribution in [3.63, 3.8) is 0 Å². The van der Waals surface area contributed by atoms with Crippen LogP contribution in [0.25, 0.3) is 17.0 Å². The smallest absolute Gasteiger partial charge is 0.231 e. The summed E-state index contributed by atoms with van der Waals surface area (Å²) >= 11 is 0. The number of fused-ring (bicyclic) bond motifs is 2. The summed E-state index contributed by atoms with van der Waals surface area (Å²) in [5, 5.41) is 1.10. The second-order valence-electron chi connectivity index (χ2n) is 8.03. The van der Waals surface area contributed by atoms with E-state index in [2.05, 4.69) is 29.8 Å². The van der Waals surface area contributed by atoms with E-state index in [1.165, 1.54) is 0 Å². The topological polar surface area (TPSA) is 49.7 Å². The Bertz CT molecular complexity index is 1380. The maximum atomic E-state index is 13.1. The van der Waals surface area contributed by atoms with Crippen molar-refractivity contribution in [2.24, 2.45) is 0 Å². The highest BCUT2D eigenvalue weighted by atomic mass is 16.5. The maximum absolute atomic E-state index is 13.1. The summed E-state index contributed by atoms with van der Waals surface area (Å²) in [6.07, 6.45) is 3.90. The number of aromatic nitrogens is 1. The summed E-state index contributed by atoms with van der Waals surface area (Å²) < 4.78 is 19.5. The van der Waals surface area contributed by atoms with Crippen LogP contribution in [-0.2, 0) is 13.2 Å². The van der Waals surface area contributed by atoms with E-state index in [9.17, 15) is 4.79 Å². The lowest BCUT2D eigenvalue weighted by Gasteiger charge is -2.12. The van der Waals surface area contributed by atoms with Gasteiger partial charge in [-0.05, 0) is 55.8 Å². The molecule has 1 aliphatic heterocycles. The zero-order valence-electron chi connectivity index (χ0n) is 18.9. The van der Waals surface area contributed by atoms with Gasteiger partial charge >= 0.3 is 0 Å². The van der Waals surface area contributed by atoms with E-state index in [1.807, 2.05) is 55.5 Å². The summed E-state index contributed by atoms with van der Waals surface area (Å²) in [4.78, 5) is 13.1. The number of hydrogen-bond acceptors (Lipinski definition) is 4. The molecule has 0 atom stereocenters. The minimum atomic E-state index is -0.108. The minimum Gasteiger partial charge on any atom is -0.497 e. The van der Waals surface area contributed by atoms with Crippen LogP contribution < -0.4 is 14.2 Å². The van der Waals surface area contributed by atoms with Gasteiger partial charge in [-0.2, -0.15) is 0 Å². The molecule has 0 N–H and O–H groups in total. The Hall–Kier alpha value is -3.99. The van der Waals surface area contributed by atoms with Crippen molar-refractivity contribution in [3.8, 4) is 17.2 Å². The molecule has 5 rings (SSSR count). The van der Waals surface area contributed by atoms with Crippen molar-refractivity contribution in [3.05, 3.63) is 94.9 Å². The van der Waals surface area contributed by atoms with Gasteiger partial charge in [0.15, 0.2) is 5.76 Å². The van der Waals surface area contributed by atoms with Gasteiger partial charge in [0.25, 0.3) is 0 Å². The number of carbonyl (C=O) groups is 1. The van der Waals surface area contributed by atoms with E-state index in [0.29, 0.717) is 29.4 Å². The largest absolute Gasteiger partial charge is 0.497 e. The molecule has 1 aliphatic rings. The number of Topliss-reactive ketones (excluding diaryl/α,β-unsaturated/α-hetero) is 1. The van der Waals surface area contributed by atoms with Crippen LogP contribution >= 0.6 is 0 Å². The molecule has 2 heterocycles. The number of methoxy groups -OCH3 is 1. The number of ketones is 1. The van der Waals surface area contributed by atoms with E-state index in [4.69, 9.17) is 14.2 Å². The van der Waals surface area contributed by atoms with Crippen molar-refractivity contribution in [2.75, 3.05) is 7.11 Å². The van der Waals surface area contributed by atoms with Crippen LogP contribution in [0.5, 0.6) is 17.2 Å². The average Bonchev–Trinajstić information content (AvgIpc) is 3.37. The highest BCUT2D eigenvalue weighted by Gasteiger charge is 2.30. The lowest BCUT2D eigenvalue weighted by Crippen LogP contribution is -1.98. The lowest BCUT2D eigenvalue weighted by molar-refractivity contribution is 0.101. The molecule has 1 aromatic heterocycles. The van der Waals surface area contributed by atoms with Gasteiger partial charge in [0, 0.05) is 34.8 Å². The summed E-state index contributed by atoms with van der Waals surface area (Å²) in [5.74, 6) is 2.29. The highest BCUT2D eigenvalue weighted by Crippen LogP contribution is 2.40. The molecule has 5 heteroatoms. The Morgan fingerprint density at radius 3 is 2.58 bits per heavy atom. The monoisotopic (exact) mass is 439 g/mol. The first-order chi connectivity index (χ1) is 16.1. The summed E-state index contributed by atoms with van der Waals surface area (Å²) in [6.45, 7) is 5.29. The van der Waals surface area contributed by atoms with Crippen molar-refractivity contribution < 1.29 is 19.0 Å². The van der Waals surface area contributed by atoms with Gasteiger partial charge in [-0.15, -0.1) is 0 Å². The third kappa shape index (κ3) is 3.76. The third-order valence-corrected chi connectivity index (χ3v) is 6.04. The Labute approximate surface area is 192 Å². The molecule has 0 aliphatic carbocycles. The van der Waals surface area contributed by atoms with Gasteiger partial charge < -0.3 is 18.8 Å². The SMILES string of the molecule is CCn1cc(C=C2Oc3c(ccc(OCc4ccc(OC)cc4)c3C)C2=O)c2ccccc21. The zero-order chi connectivity index (χ0) is 22.9. The molecule has 0 bridgehead atoms.